The van der Waals surface area contributed by atoms with E-state index < -0.39 is 5.91 Å². The van der Waals surface area contributed by atoms with Gasteiger partial charge in [0.05, 0.1) is 12.8 Å². The Morgan fingerprint density at radius 1 is 1.26 bits per heavy atom. The zero-order chi connectivity index (χ0) is 16.7. The fourth-order valence-electron chi connectivity index (χ4n) is 1.84. The van der Waals surface area contributed by atoms with Crippen molar-refractivity contribution in [2.45, 2.75) is 6.54 Å². The molecule has 0 atom stereocenters. The van der Waals surface area contributed by atoms with Crippen LogP contribution in [0.2, 0.25) is 0 Å². The number of amides is 2. The van der Waals surface area contributed by atoms with Crippen molar-refractivity contribution < 1.29 is 18.7 Å². The molecule has 1 heterocycles. The van der Waals surface area contributed by atoms with Gasteiger partial charge in [-0.3, -0.25) is 9.59 Å². The fraction of sp³-hybridized carbons (Fsp3) is 0.176. The van der Waals surface area contributed by atoms with Crippen molar-refractivity contribution in [1.29, 1.82) is 0 Å². The fourth-order valence-corrected chi connectivity index (χ4v) is 1.84. The summed E-state index contributed by atoms with van der Waals surface area (Å²) in [7, 11) is 1.70. The van der Waals surface area contributed by atoms with E-state index in [-0.39, 0.29) is 12.5 Å². The lowest BCUT2D eigenvalue weighted by atomic mass is 10.2. The van der Waals surface area contributed by atoms with Gasteiger partial charge in [-0.05, 0) is 35.9 Å². The molecule has 0 fully saturated rings. The quantitative estimate of drug-likeness (QED) is 0.790. The molecule has 6 nitrogen and oxygen atoms in total. The number of carbonyl (C=O) groups is 2. The number of ether oxygens (including phenoxy) is 1. The lowest BCUT2D eigenvalue weighted by Gasteiger charge is -2.12. The SMILES string of the molecule is CN(Cc1ccco1)C(=O)C=Cc1ccc(OCC(N)=O)cc1. The number of nitrogens with zero attached hydrogens (tertiary/aromatic N) is 1. The van der Waals surface area contributed by atoms with E-state index in [0.717, 1.165) is 11.3 Å². The highest BCUT2D eigenvalue weighted by molar-refractivity contribution is 5.91. The standard InChI is InChI=1S/C17H18N2O4/c1-19(11-15-3-2-10-22-15)17(21)9-6-13-4-7-14(8-5-13)23-12-16(18)20/h2-10H,11-12H2,1H3,(H2,18,20). The number of carbonyl (C=O) groups excluding carboxylic acids is 2. The van der Waals surface area contributed by atoms with Crippen LogP contribution in [-0.4, -0.2) is 30.4 Å². The molecule has 2 N–H and O–H groups in total. The second-order valence-electron chi connectivity index (χ2n) is 4.93. The molecule has 0 aliphatic carbocycles. The minimum Gasteiger partial charge on any atom is -0.484 e. The first-order valence-electron chi connectivity index (χ1n) is 7.01. The van der Waals surface area contributed by atoms with Crippen molar-refractivity contribution in [2.24, 2.45) is 5.73 Å². The van der Waals surface area contributed by atoms with Crippen LogP contribution in [0.3, 0.4) is 0 Å². The second kappa shape index (κ2) is 7.84. The van der Waals surface area contributed by atoms with E-state index in [2.05, 4.69) is 0 Å². The van der Waals surface area contributed by atoms with Crippen LogP contribution in [-0.2, 0) is 16.1 Å². The van der Waals surface area contributed by atoms with Crippen molar-refractivity contribution in [2.75, 3.05) is 13.7 Å². The highest BCUT2D eigenvalue weighted by Crippen LogP contribution is 2.13. The molecule has 2 aromatic rings. The zero-order valence-corrected chi connectivity index (χ0v) is 12.8. The highest BCUT2D eigenvalue weighted by atomic mass is 16.5. The molecule has 0 aliphatic heterocycles. The Morgan fingerprint density at radius 3 is 2.61 bits per heavy atom. The van der Waals surface area contributed by atoms with E-state index in [0.29, 0.717) is 12.3 Å². The molecule has 2 amide bonds. The van der Waals surface area contributed by atoms with E-state index in [1.807, 2.05) is 6.07 Å². The van der Waals surface area contributed by atoms with Gasteiger partial charge >= 0.3 is 0 Å². The molecule has 23 heavy (non-hydrogen) atoms. The smallest absolute Gasteiger partial charge is 0.255 e. The first kappa shape index (κ1) is 16.4. The van der Waals surface area contributed by atoms with Crippen molar-refractivity contribution in [3.05, 3.63) is 60.1 Å². The molecular formula is C17H18N2O4. The van der Waals surface area contributed by atoms with E-state index >= 15 is 0 Å². The topological polar surface area (TPSA) is 85.8 Å². The number of benzene rings is 1. The third-order valence-electron chi connectivity index (χ3n) is 3.03. The molecule has 6 heteroatoms. The van der Waals surface area contributed by atoms with Gasteiger partial charge in [-0.1, -0.05) is 12.1 Å². The van der Waals surface area contributed by atoms with Gasteiger partial charge in [0.25, 0.3) is 5.91 Å². The summed E-state index contributed by atoms with van der Waals surface area (Å²) in [6, 6.07) is 10.6. The molecule has 0 bridgehead atoms. The maximum Gasteiger partial charge on any atom is 0.255 e. The van der Waals surface area contributed by atoms with Crippen LogP contribution >= 0.6 is 0 Å². The second-order valence-corrected chi connectivity index (χ2v) is 4.93. The molecular weight excluding hydrogens is 296 g/mol. The number of furan rings is 1. The molecule has 0 saturated carbocycles. The summed E-state index contributed by atoms with van der Waals surface area (Å²) in [5, 5.41) is 0. The van der Waals surface area contributed by atoms with Gasteiger partial charge in [-0.2, -0.15) is 0 Å². The van der Waals surface area contributed by atoms with Gasteiger partial charge in [0.2, 0.25) is 5.91 Å². The van der Waals surface area contributed by atoms with Crippen LogP contribution < -0.4 is 10.5 Å². The van der Waals surface area contributed by atoms with Crippen LogP contribution in [0.4, 0.5) is 0 Å². The number of hydrogen-bond donors (Lipinski definition) is 1. The van der Waals surface area contributed by atoms with Crippen LogP contribution in [0.25, 0.3) is 6.08 Å². The minimum absolute atomic E-state index is 0.129. The van der Waals surface area contributed by atoms with Crippen molar-refractivity contribution in [3.63, 3.8) is 0 Å². The van der Waals surface area contributed by atoms with E-state index in [9.17, 15) is 9.59 Å². The number of rotatable bonds is 7. The third-order valence-corrected chi connectivity index (χ3v) is 3.03. The first-order valence-corrected chi connectivity index (χ1v) is 7.01. The van der Waals surface area contributed by atoms with Gasteiger partial charge in [0, 0.05) is 13.1 Å². The lowest BCUT2D eigenvalue weighted by molar-refractivity contribution is -0.125. The van der Waals surface area contributed by atoms with Gasteiger partial charge in [0.1, 0.15) is 11.5 Å². The summed E-state index contributed by atoms with van der Waals surface area (Å²) in [6.45, 7) is 0.251. The molecule has 0 saturated heterocycles. The van der Waals surface area contributed by atoms with Gasteiger partial charge in [-0.25, -0.2) is 0 Å². The first-order chi connectivity index (χ1) is 11.0. The normalized spacial score (nSPS) is 10.7. The summed E-state index contributed by atoms with van der Waals surface area (Å²) in [5.41, 5.74) is 5.85. The summed E-state index contributed by atoms with van der Waals surface area (Å²) < 4.78 is 10.4. The molecule has 0 spiro atoms. The average Bonchev–Trinajstić information content (AvgIpc) is 3.04. The molecule has 0 unspecified atom stereocenters. The number of hydrogen-bond acceptors (Lipinski definition) is 4. The summed E-state index contributed by atoms with van der Waals surface area (Å²) in [6.07, 6.45) is 4.77. The van der Waals surface area contributed by atoms with Crippen LogP contribution in [0.5, 0.6) is 5.75 Å². The minimum atomic E-state index is -0.529. The van der Waals surface area contributed by atoms with Crippen molar-refractivity contribution >= 4 is 17.9 Å². The monoisotopic (exact) mass is 314 g/mol. The van der Waals surface area contributed by atoms with E-state index in [1.54, 1.807) is 54.6 Å². The van der Waals surface area contributed by atoms with Crippen LogP contribution in [0.1, 0.15) is 11.3 Å². The average molecular weight is 314 g/mol. The maximum atomic E-state index is 12.0. The molecule has 120 valence electrons. The van der Waals surface area contributed by atoms with Crippen LogP contribution in [0.15, 0.2) is 53.2 Å². The Hall–Kier alpha value is -3.02. The third kappa shape index (κ3) is 5.35. The summed E-state index contributed by atoms with van der Waals surface area (Å²) in [5.74, 6) is 0.613. The summed E-state index contributed by atoms with van der Waals surface area (Å²) >= 11 is 0. The molecule has 1 aromatic heterocycles. The predicted octanol–water partition coefficient (Wildman–Crippen LogP) is 1.82. The molecule has 0 radical (unpaired) electrons. The Kier molecular flexibility index (Phi) is 5.57. The van der Waals surface area contributed by atoms with Crippen molar-refractivity contribution in [1.82, 2.24) is 4.90 Å². The van der Waals surface area contributed by atoms with Crippen molar-refractivity contribution in [3.8, 4) is 5.75 Å². The molecule has 0 aliphatic rings. The van der Waals surface area contributed by atoms with E-state index in [1.165, 1.54) is 6.08 Å². The van der Waals surface area contributed by atoms with Gasteiger partial charge in [0.15, 0.2) is 6.61 Å². The van der Waals surface area contributed by atoms with Gasteiger partial charge in [-0.15, -0.1) is 0 Å². The predicted molar refractivity (Wildman–Crippen MR) is 85.3 cm³/mol. The highest BCUT2D eigenvalue weighted by Gasteiger charge is 2.07. The Labute approximate surface area is 134 Å². The Balaban J connectivity index is 1.88. The number of nitrogens with two attached hydrogens (primary N) is 1. The number of primary amides is 1. The van der Waals surface area contributed by atoms with E-state index in [4.69, 9.17) is 14.9 Å². The van der Waals surface area contributed by atoms with Crippen LogP contribution in [0, 0.1) is 0 Å². The lowest BCUT2D eigenvalue weighted by Crippen LogP contribution is -2.23. The zero-order valence-electron chi connectivity index (χ0n) is 12.8. The largest absolute Gasteiger partial charge is 0.484 e. The van der Waals surface area contributed by atoms with Gasteiger partial charge < -0.3 is 19.8 Å². The summed E-state index contributed by atoms with van der Waals surface area (Å²) in [4.78, 5) is 24.2. The molecule has 2 rings (SSSR count). The Morgan fingerprint density at radius 2 is 2.00 bits per heavy atom. The Bertz CT molecular complexity index is 675. The molecule has 1 aromatic carbocycles. The number of likely N-dealkylation sites (N-methyl/N-ethyl adjacent to an activating group) is 1. The maximum absolute atomic E-state index is 12.0.